The minimum atomic E-state index is -4.10. The molecule has 150 valence electrons. The van der Waals surface area contributed by atoms with Crippen LogP contribution in [0.5, 0.6) is 0 Å². The number of aromatic nitrogens is 3. The number of pyridine rings is 1. The zero-order valence-electron chi connectivity index (χ0n) is 15.1. The standard InChI is InChI=1S/C17H16N6O4S2/c1-11(24)20-16-21-22-17(28-16)29(26,27)23-14-7-3-2-6-13(14)15(25)19-10-12-5-4-8-18-9-12/h2-9,23H,10H2,1H3,(H,19,25)(H,20,21,24). The fourth-order valence-electron chi connectivity index (χ4n) is 2.26. The Kier molecular flexibility index (Phi) is 6.14. The van der Waals surface area contributed by atoms with Crippen molar-refractivity contribution in [2.45, 2.75) is 17.8 Å². The summed E-state index contributed by atoms with van der Waals surface area (Å²) in [5.41, 5.74) is 1.04. The molecular weight excluding hydrogens is 416 g/mol. The number of anilines is 2. The van der Waals surface area contributed by atoms with E-state index >= 15 is 0 Å². The molecule has 0 aliphatic carbocycles. The van der Waals surface area contributed by atoms with E-state index in [1.165, 1.54) is 19.1 Å². The molecule has 2 aromatic heterocycles. The number of nitrogens with zero attached hydrogens (tertiary/aromatic N) is 3. The van der Waals surface area contributed by atoms with Gasteiger partial charge in [-0.05, 0) is 23.8 Å². The fraction of sp³-hybridized carbons (Fsp3) is 0.118. The van der Waals surface area contributed by atoms with E-state index in [4.69, 9.17) is 0 Å². The quantitative estimate of drug-likeness (QED) is 0.481. The molecule has 0 unspecified atom stereocenters. The molecule has 1 aromatic carbocycles. The molecule has 10 nitrogen and oxygen atoms in total. The van der Waals surface area contributed by atoms with Gasteiger partial charge in [0.2, 0.25) is 11.0 Å². The summed E-state index contributed by atoms with van der Waals surface area (Å²) in [5, 5.41) is 12.3. The lowest BCUT2D eigenvalue weighted by Gasteiger charge is -2.11. The highest BCUT2D eigenvalue weighted by Gasteiger charge is 2.23. The molecule has 0 bridgehead atoms. The van der Waals surface area contributed by atoms with Crippen molar-refractivity contribution >= 4 is 44.0 Å². The summed E-state index contributed by atoms with van der Waals surface area (Å²) in [6, 6.07) is 9.74. The minimum absolute atomic E-state index is 0.0559. The Labute approximate surface area is 170 Å². The van der Waals surface area contributed by atoms with E-state index in [0.29, 0.717) is 11.3 Å². The van der Waals surface area contributed by atoms with Gasteiger partial charge < -0.3 is 10.6 Å². The number of nitrogens with one attached hydrogen (secondary N) is 3. The normalized spacial score (nSPS) is 10.9. The van der Waals surface area contributed by atoms with Gasteiger partial charge in [0.05, 0.1) is 11.3 Å². The third kappa shape index (κ3) is 5.33. The second kappa shape index (κ2) is 8.75. The molecule has 3 rings (SSSR count). The zero-order chi connectivity index (χ0) is 20.9. The molecule has 29 heavy (non-hydrogen) atoms. The van der Waals surface area contributed by atoms with Gasteiger partial charge in [0, 0.05) is 25.9 Å². The van der Waals surface area contributed by atoms with Crippen molar-refractivity contribution in [2.75, 3.05) is 10.0 Å². The predicted molar refractivity (Wildman–Crippen MR) is 107 cm³/mol. The largest absolute Gasteiger partial charge is 0.348 e. The lowest BCUT2D eigenvalue weighted by molar-refractivity contribution is -0.114. The molecule has 0 saturated heterocycles. The first-order valence-electron chi connectivity index (χ1n) is 8.25. The van der Waals surface area contributed by atoms with Crippen molar-refractivity contribution in [1.29, 1.82) is 0 Å². The van der Waals surface area contributed by atoms with Crippen molar-refractivity contribution < 1.29 is 18.0 Å². The molecule has 12 heteroatoms. The van der Waals surface area contributed by atoms with E-state index in [2.05, 4.69) is 30.5 Å². The Hall–Kier alpha value is -3.38. The summed E-state index contributed by atoms with van der Waals surface area (Å²) in [5.74, 6) is -0.850. The van der Waals surface area contributed by atoms with E-state index in [-0.39, 0.29) is 27.3 Å². The maximum Gasteiger partial charge on any atom is 0.291 e. The molecule has 0 radical (unpaired) electrons. The number of sulfonamides is 1. The Bertz CT molecular complexity index is 1130. The highest BCUT2D eigenvalue weighted by Crippen LogP contribution is 2.24. The number of amides is 2. The summed E-state index contributed by atoms with van der Waals surface area (Å²) in [7, 11) is -4.10. The predicted octanol–water partition coefficient (Wildman–Crippen LogP) is 1.62. The third-order valence-electron chi connectivity index (χ3n) is 3.51. The first-order valence-corrected chi connectivity index (χ1v) is 10.5. The molecule has 0 spiro atoms. The Morgan fingerprint density at radius 3 is 2.62 bits per heavy atom. The molecule has 3 N–H and O–H groups in total. The number of rotatable bonds is 7. The topological polar surface area (TPSA) is 143 Å². The summed E-state index contributed by atoms with van der Waals surface area (Å²) < 4.78 is 27.2. The minimum Gasteiger partial charge on any atom is -0.348 e. The van der Waals surface area contributed by atoms with Crippen LogP contribution in [0.15, 0.2) is 53.1 Å². The van der Waals surface area contributed by atoms with E-state index in [9.17, 15) is 18.0 Å². The van der Waals surface area contributed by atoms with Gasteiger partial charge >= 0.3 is 0 Å². The lowest BCUT2D eigenvalue weighted by atomic mass is 10.1. The number of carbonyl (C=O) groups excluding carboxylic acids is 2. The number of hydrogen-bond donors (Lipinski definition) is 3. The summed E-state index contributed by atoms with van der Waals surface area (Å²) >= 11 is 0.697. The van der Waals surface area contributed by atoms with Crippen molar-refractivity contribution in [3.05, 3.63) is 59.9 Å². The monoisotopic (exact) mass is 432 g/mol. The van der Waals surface area contributed by atoms with Gasteiger partial charge in [0.15, 0.2) is 0 Å². The van der Waals surface area contributed by atoms with Gasteiger partial charge in [0.1, 0.15) is 0 Å². The van der Waals surface area contributed by atoms with E-state index in [1.807, 2.05) is 6.07 Å². The van der Waals surface area contributed by atoms with Crippen LogP contribution in [0, 0.1) is 0 Å². The molecule has 2 heterocycles. The number of benzene rings is 1. The van der Waals surface area contributed by atoms with Gasteiger partial charge in [-0.15, -0.1) is 10.2 Å². The Balaban J connectivity index is 1.76. The van der Waals surface area contributed by atoms with Crippen LogP contribution in [0.25, 0.3) is 0 Å². The Morgan fingerprint density at radius 1 is 1.10 bits per heavy atom. The number of para-hydroxylation sites is 1. The van der Waals surface area contributed by atoms with Crippen LogP contribution in [0.4, 0.5) is 10.8 Å². The second-order valence-corrected chi connectivity index (χ2v) is 8.58. The average Bonchev–Trinajstić information content (AvgIpc) is 3.16. The Morgan fingerprint density at radius 2 is 1.90 bits per heavy atom. The maximum atomic E-state index is 12.6. The van der Waals surface area contributed by atoms with E-state index < -0.39 is 21.8 Å². The van der Waals surface area contributed by atoms with Crippen LogP contribution in [-0.4, -0.2) is 35.4 Å². The summed E-state index contributed by atoms with van der Waals surface area (Å²) in [4.78, 5) is 27.6. The van der Waals surface area contributed by atoms with Crippen molar-refractivity contribution in [3.8, 4) is 0 Å². The summed E-state index contributed by atoms with van der Waals surface area (Å²) in [6.07, 6.45) is 3.25. The third-order valence-corrected chi connectivity index (χ3v) is 6.08. The highest BCUT2D eigenvalue weighted by molar-refractivity contribution is 7.94. The van der Waals surface area contributed by atoms with Crippen molar-refractivity contribution in [3.63, 3.8) is 0 Å². The van der Waals surface area contributed by atoms with Gasteiger partial charge in [-0.2, -0.15) is 8.42 Å². The summed E-state index contributed by atoms with van der Waals surface area (Å²) in [6.45, 7) is 1.51. The van der Waals surface area contributed by atoms with Gasteiger partial charge in [-0.25, -0.2) is 0 Å². The highest BCUT2D eigenvalue weighted by atomic mass is 32.2. The van der Waals surface area contributed by atoms with Crippen molar-refractivity contribution in [2.24, 2.45) is 0 Å². The lowest BCUT2D eigenvalue weighted by Crippen LogP contribution is -2.25. The number of hydrogen-bond acceptors (Lipinski definition) is 8. The van der Waals surface area contributed by atoms with Crippen LogP contribution >= 0.6 is 11.3 Å². The smallest absolute Gasteiger partial charge is 0.291 e. The van der Waals surface area contributed by atoms with E-state index in [0.717, 1.165) is 5.56 Å². The first-order chi connectivity index (χ1) is 13.8. The molecule has 2 amide bonds. The zero-order valence-corrected chi connectivity index (χ0v) is 16.8. The van der Waals surface area contributed by atoms with Gasteiger partial charge in [-0.3, -0.25) is 19.3 Å². The van der Waals surface area contributed by atoms with Crippen LogP contribution in [-0.2, 0) is 21.4 Å². The first kappa shape index (κ1) is 20.4. The van der Waals surface area contributed by atoms with Gasteiger partial charge in [0.25, 0.3) is 20.3 Å². The molecular formula is C17H16N6O4S2. The fourth-order valence-corrected chi connectivity index (χ4v) is 4.29. The van der Waals surface area contributed by atoms with Crippen LogP contribution < -0.4 is 15.4 Å². The van der Waals surface area contributed by atoms with Crippen LogP contribution in [0.1, 0.15) is 22.8 Å². The van der Waals surface area contributed by atoms with Crippen molar-refractivity contribution in [1.82, 2.24) is 20.5 Å². The molecule has 3 aromatic rings. The molecule has 0 saturated carbocycles. The van der Waals surface area contributed by atoms with Gasteiger partial charge in [-0.1, -0.05) is 29.5 Å². The number of carbonyl (C=O) groups is 2. The van der Waals surface area contributed by atoms with Crippen LogP contribution in [0.2, 0.25) is 0 Å². The molecule has 0 aliphatic heterocycles. The van der Waals surface area contributed by atoms with E-state index in [1.54, 1.807) is 30.6 Å². The molecule has 0 fully saturated rings. The SMILES string of the molecule is CC(=O)Nc1nnc(S(=O)(=O)Nc2ccccc2C(=O)NCc2cccnc2)s1. The molecule has 0 aliphatic rings. The maximum absolute atomic E-state index is 12.6. The molecule has 0 atom stereocenters. The average molecular weight is 432 g/mol. The second-order valence-electron chi connectivity index (χ2n) is 5.75. The van der Waals surface area contributed by atoms with Crippen LogP contribution in [0.3, 0.4) is 0 Å².